The number of aromatic nitrogens is 3. The number of thioether (sulfide) groups is 1. The Morgan fingerprint density at radius 1 is 1.10 bits per heavy atom. The van der Waals surface area contributed by atoms with Crippen molar-refractivity contribution in [1.82, 2.24) is 15.2 Å². The van der Waals surface area contributed by atoms with Crippen LogP contribution < -0.4 is 16.2 Å². The number of para-hydroxylation sites is 1. The number of H-pyrrole nitrogens is 1. The maximum absolute atomic E-state index is 12.6. The van der Waals surface area contributed by atoms with Gasteiger partial charge in [-0.15, -0.1) is 10.2 Å². The predicted octanol–water partition coefficient (Wildman–Crippen LogP) is 3.79. The van der Waals surface area contributed by atoms with Crippen LogP contribution >= 0.6 is 23.4 Å². The molecule has 0 aliphatic carbocycles. The van der Waals surface area contributed by atoms with Gasteiger partial charge in [-0.3, -0.25) is 19.4 Å². The molecule has 0 radical (unpaired) electrons. The number of nitrogens with one attached hydrogen (secondary N) is 3. The molecular weight excluding hydrogens is 438 g/mol. The highest BCUT2D eigenvalue weighted by Crippen LogP contribution is 2.27. The summed E-state index contributed by atoms with van der Waals surface area (Å²) in [6.45, 7) is 5.08. The van der Waals surface area contributed by atoms with Gasteiger partial charge in [0.25, 0.3) is 5.56 Å². The van der Waals surface area contributed by atoms with E-state index in [1.165, 1.54) is 6.92 Å². The SMILES string of the molecule is CC(=O)Nc1c(C)cccc1-c1nnc(SCC(=O)Nc2ccc(C)c(Cl)c2)[nH]c1=O. The third kappa shape index (κ3) is 5.71. The van der Waals surface area contributed by atoms with Crippen molar-refractivity contribution in [3.05, 3.63) is 62.9 Å². The lowest BCUT2D eigenvalue weighted by Gasteiger charge is -2.12. The Hall–Kier alpha value is -3.17. The molecule has 31 heavy (non-hydrogen) atoms. The number of rotatable bonds is 6. The quantitative estimate of drug-likeness (QED) is 0.485. The van der Waals surface area contributed by atoms with Gasteiger partial charge < -0.3 is 10.6 Å². The van der Waals surface area contributed by atoms with Gasteiger partial charge in [-0.25, -0.2) is 0 Å². The fourth-order valence-corrected chi connectivity index (χ4v) is 3.56. The molecule has 3 aromatic rings. The smallest absolute Gasteiger partial charge is 0.278 e. The standard InChI is InChI=1S/C21H20ClN5O3S/c1-11-7-8-14(9-16(11)22)24-17(29)10-31-21-25-20(30)19(26-27-21)15-6-4-5-12(2)18(15)23-13(3)28/h4-9H,10H2,1-3H3,(H,23,28)(H,24,29)(H,25,27,30). The first-order valence-electron chi connectivity index (χ1n) is 9.28. The number of carbonyl (C=O) groups excluding carboxylic acids is 2. The van der Waals surface area contributed by atoms with Gasteiger partial charge in [0, 0.05) is 23.2 Å². The normalized spacial score (nSPS) is 10.6. The van der Waals surface area contributed by atoms with Crippen LogP contribution in [0.15, 0.2) is 46.3 Å². The minimum atomic E-state index is -0.472. The molecule has 0 spiro atoms. The molecule has 2 amide bonds. The van der Waals surface area contributed by atoms with Crippen molar-refractivity contribution in [2.45, 2.75) is 25.9 Å². The zero-order valence-electron chi connectivity index (χ0n) is 17.1. The molecule has 0 aliphatic heterocycles. The van der Waals surface area contributed by atoms with Crippen molar-refractivity contribution in [1.29, 1.82) is 0 Å². The summed E-state index contributed by atoms with van der Waals surface area (Å²) in [5.74, 6) is -0.506. The summed E-state index contributed by atoms with van der Waals surface area (Å²) in [4.78, 5) is 38.9. The highest BCUT2D eigenvalue weighted by molar-refractivity contribution is 7.99. The molecule has 0 saturated heterocycles. The van der Waals surface area contributed by atoms with Crippen LogP contribution in [0.1, 0.15) is 18.1 Å². The van der Waals surface area contributed by atoms with Crippen molar-refractivity contribution in [3.8, 4) is 11.3 Å². The van der Waals surface area contributed by atoms with E-state index in [2.05, 4.69) is 25.8 Å². The number of halogens is 1. The maximum atomic E-state index is 12.6. The first-order chi connectivity index (χ1) is 14.7. The number of aromatic amines is 1. The van der Waals surface area contributed by atoms with Crippen molar-refractivity contribution >= 4 is 46.6 Å². The van der Waals surface area contributed by atoms with Gasteiger partial charge in [-0.05, 0) is 37.1 Å². The molecule has 0 unspecified atom stereocenters. The average Bonchev–Trinajstić information content (AvgIpc) is 2.71. The van der Waals surface area contributed by atoms with Crippen molar-refractivity contribution in [2.75, 3.05) is 16.4 Å². The highest BCUT2D eigenvalue weighted by atomic mass is 35.5. The maximum Gasteiger partial charge on any atom is 0.278 e. The molecule has 3 N–H and O–H groups in total. The van der Waals surface area contributed by atoms with Gasteiger partial charge in [0.1, 0.15) is 0 Å². The van der Waals surface area contributed by atoms with Crippen LogP contribution in [0.3, 0.4) is 0 Å². The first kappa shape index (κ1) is 22.5. The van der Waals surface area contributed by atoms with Crippen LogP contribution in [0.4, 0.5) is 11.4 Å². The largest absolute Gasteiger partial charge is 0.325 e. The first-order valence-corrected chi connectivity index (χ1v) is 10.6. The number of hydrogen-bond donors (Lipinski definition) is 3. The Morgan fingerprint density at radius 3 is 2.55 bits per heavy atom. The summed E-state index contributed by atoms with van der Waals surface area (Å²) < 4.78 is 0. The number of nitrogens with zero attached hydrogens (tertiary/aromatic N) is 2. The molecule has 0 fully saturated rings. The van der Waals surface area contributed by atoms with E-state index in [4.69, 9.17) is 11.6 Å². The Bertz CT molecular complexity index is 1210. The summed E-state index contributed by atoms with van der Waals surface area (Å²) in [6.07, 6.45) is 0. The summed E-state index contributed by atoms with van der Waals surface area (Å²) in [7, 11) is 0. The number of benzene rings is 2. The molecule has 8 nitrogen and oxygen atoms in total. The second-order valence-corrected chi connectivity index (χ2v) is 8.16. The van der Waals surface area contributed by atoms with Crippen LogP contribution in [0.2, 0.25) is 5.02 Å². The van der Waals surface area contributed by atoms with Crippen LogP contribution in [0.5, 0.6) is 0 Å². The summed E-state index contributed by atoms with van der Waals surface area (Å²) in [5, 5.41) is 14.3. The summed E-state index contributed by atoms with van der Waals surface area (Å²) >= 11 is 7.11. The van der Waals surface area contributed by atoms with Gasteiger partial charge in [0.05, 0.1) is 11.4 Å². The number of amides is 2. The van der Waals surface area contributed by atoms with E-state index < -0.39 is 5.56 Å². The van der Waals surface area contributed by atoms with E-state index in [1.54, 1.807) is 24.3 Å². The average molecular weight is 458 g/mol. The van der Waals surface area contributed by atoms with E-state index in [0.717, 1.165) is 22.9 Å². The number of anilines is 2. The van der Waals surface area contributed by atoms with Gasteiger partial charge in [0.2, 0.25) is 11.8 Å². The van der Waals surface area contributed by atoms with E-state index >= 15 is 0 Å². The molecule has 0 aliphatic rings. The number of aryl methyl sites for hydroxylation is 2. The van der Waals surface area contributed by atoms with E-state index in [-0.39, 0.29) is 28.4 Å². The second-order valence-electron chi connectivity index (χ2n) is 6.79. The lowest BCUT2D eigenvalue weighted by Crippen LogP contribution is -2.18. The van der Waals surface area contributed by atoms with Gasteiger partial charge >= 0.3 is 0 Å². The molecule has 0 saturated carbocycles. The van der Waals surface area contributed by atoms with E-state index in [9.17, 15) is 14.4 Å². The zero-order chi connectivity index (χ0) is 22.5. The van der Waals surface area contributed by atoms with E-state index in [1.807, 2.05) is 26.0 Å². The third-order valence-electron chi connectivity index (χ3n) is 4.30. The van der Waals surface area contributed by atoms with Gasteiger partial charge in [-0.2, -0.15) is 0 Å². The van der Waals surface area contributed by atoms with Crippen LogP contribution in [-0.4, -0.2) is 32.7 Å². The molecule has 1 aromatic heterocycles. The Labute approximate surface area is 187 Å². The summed E-state index contributed by atoms with van der Waals surface area (Å²) in [5.41, 5.74) is 2.87. The third-order valence-corrected chi connectivity index (χ3v) is 5.57. The van der Waals surface area contributed by atoms with Gasteiger partial charge in [0.15, 0.2) is 10.9 Å². The Morgan fingerprint density at radius 2 is 1.87 bits per heavy atom. The predicted molar refractivity (Wildman–Crippen MR) is 123 cm³/mol. The minimum absolute atomic E-state index is 0.0249. The number of hydrogen-bond acceptors (Lipinski definition) is 6. The molecule has 0 atom stereocenters. The highest BCUT2D eigenvalue weighted by Gasteiger charge is 2.15. The van der Waals surface area contributed by atoms with Crippen LogP contribution in [0.25, 0.3) is 11.3 Å². The molecular formula is C21H20ClN5O3S. The molecule has 160 valence electrons. The fraction of sp³-hybridized carbons (Fsp3) is 0.190. The van der Waals surface area contributed by atoms with Gasteiger partial charge in [-0.1, -0.05) is 47.6 Å². The lowest BCUT2D eigenvalue weighted by molar-refractivity contribution is -0.114. The minimum Gasteiger partial charge on any atom is -0.325 e. The molecule has 0 bridgehead atoms. The fourth-order valence-electron chi connectivity index (χ4n) is 2.77. The van der Waals surface area contributed by atoms with Crippen LogP contribution in [-0.2, 0) is 9.59 Å². The lowest BCUT2D eigenvalue weighted by atomic mass is 10.1. The van der Waals surface area contributed by atoms with Crippen molar-refractivity contribution in [2.24, 2.45) is 0 Å². The zero-order valence-corrected chi connectivity index (χ0v) is 18.6. The Balaban J connectivity index is 1.72. The second kappa shape index (κ2) is 9.76. The molecule has 1 heterocycles. The van der Waals surface area contributed by atoms with Crippen molar-refractivity contribution < 1.29 is 9.59 Å². The Kier molecular flexibility index (Phi) is 7.09. The molecule has 2 aromatic carbocycles. The van der Waals surface area contributed by atoms with Crippen molar-refractivity contribution in [3.63, 3.8) is 0 Å². The summed E-state index contributed by atoms with van der Waals surface area (Å²) in [6, 6.07) is 10.5. The molecule has 3 rings (SSSR count). The van der Waals surface area contributed by atoms with Crippen LogP contribution in [0, 0.1) is 13.8 Å². The topological polar surface area (TPSA) is 117 Å². The monoisotopic (exact) mass is 457 g/mol. The molecule has 10 heteroatoms. The number of carbonyl (C=O) groups is 2. The van der Waals surface area contributed by atoms with E-state index in [0.29, 0.717) is 22.0 Å².